The number of hydrogen-bond donors (Lipinski definition) is 1. The SMILES string of the molecule is C[C@]12C[C@H](c3ccc(O)cc3)[C@H]3[C@@H](CC=C4CC5(CC[C@@H]43)OCCO5)[C@@H]1CCC21OCCO1. The number of phenolic OH excluding ortho intramolecular Hbond substituents is 1. The Morgan fingerprint density at radius 3 is 2.36 bits per heavy atom. The predicted octanol–water partition coefficient (Wildman–Crippen LogP) is 5.14. The van der Waals surface area contributed by atoms with Gasteiger partial charge in [-0.15, -0.1) is 0 Å². The van der Waals surface area contributed by atoms with Gasteiger partial charge in [0.2, 0.25) is 0 Å². The average molecular weight is 453 g/mol. The van der Waals surface area contributed by atoms with Crippen molar-refractivity contribution in [3.8, 4) is 5.75 Å². The molecule has 33 heavy (non-hydrogen) atoms. The van der Waals surface area contributed by atoms with Gasteiger partial charge in [0.15, 0.2) is 11.6 Å². The zero-order valence-electron chi connectivity index (χ0n) is 19.6. The van der Waals surface area contributed by atoms with E-state index in [2.05, 4.69) is 25.1 Å². The summed E-state index contributed by atoms with van der Waals surface area (Å²) in [6, 6.07) is 8.04. The number of aromatic hydroxyl groups is 1. The lowest BCUT2D eigenvalue weighted by Gasteiger charge is -2.58. The Kier molecular flexibility index (Phi) is 4.63. The Labute approximate surface area is 196 Å². The summed E-state index contributed by atoms with van der Waals surface area (Å²) in [6.45, 7) is 5.34. The lowest BCUT2D eigenvalue weighted by Crippen LogP contribution is -2.55. The molecule has 6 atom stereocenters. The van der Waals surface area contributed by atoms with Crippen molar-refractivity contribution in [1.82, 2.24) is 0 Å². The maximum atomic E-state index is 9.98. The van der Waals surface area contributed by atoms with E-state index in [9.17, 15) is 5.11 Å². The molecule has 178 valence electrons. The third-order valence-corrected chi connectivity index (χ3v) is 10.4. The Morgan fingerprint density at radius 2 is 1.61 bits per heavy atom. The van der Waals surface area contributed by atoms with Gasteiger partial charge in [0, 0.05) is 24.7 Å². The van der Waals surface area contributed by atoms with E-state index in [-0.39, 0.29) is 11.2 Å². The minimum atomic E-state index is -0.413. The molecule has 7 rings (SSSR count). The van der Waals surface area contributed by atoms with Crippen molar-refractivity contribution in [3.05, 3.63) is 41.5 Å². The molecule has 2 saturated heterocycles. The maximum absolute atomic E-state index is 9.98. The molecule has 1 N–H and O–H groups in total. The van der Waals surface area contributed by atoms with Gasteiger partial charge in [-0.3, -0.25) is 0 Å². The first kappa shape index (κ1) is 20.9. The van der Waals surface area contributed by atoms with Crippen molar-refractivity contribution in [2.75, 3.05) is 26.4 Å². The normalized spacial score (nSPS) is 42.7. The fourth-order valence-electron chi connectivity index (χ4n) is 9.06. The summed E-state index contributed by atoms with van der Waals surface area (Å²) in [5, 5.41) is 9.98. The van der Waals surface area contributed by atoms with Crippen LogP contribution in [0.5, 0.6) is 5.75 Å². The van der Waals surface area contributed by atoms with Crippen LogP contribution in [0, 0.1) is 29.1 Å². The van der Waals surface area contributed by atoms with E-state index in [0.717, 1.165) is 65.0 Å². The van der Waals surface area contributed by atoms with Crippen molar-refractivity contribution >= 4 is 0 Å². The van der Waals surface area contributed by atoms with Crippen molar-refractivity contribution < 1.29 is 24.1 Å². The number of benzene rings is 1. The fourth-order valence-corrected chi connectivity index (χ4v) is 9.06. The average Bonchev–Trinajstić information content (AvgIpc) is 3.55. The Bertz CT molecular complexity index is 942. The van der Waals surface area contributed by atoms with Crippen molar-refractivity contribution in [2.45, 2.75) is 69.4 Å². The summed E-state index contributed by atoms with van der Waals surface area (Å²) >= 11 is 0. The number of phenols is 1. The molecule has 0 amide bonds. The first-order valence-electron chi connectivity index (χ1n) is 13.1. The molecule has 2 aliphatic heterocycles. The van der Waals surface area contributed by atoms with Gasteiger partial charge in [-0.2, -0.15) is 0 Å². The van der Waals surface area contributed by atoms with Gasteiger partial charge >= 0.3 is 0 Å². The minimum absolute atomic E-state index is 0.0200. The highest BCUT2D eigenvalue weighted by Crippen LogP contribution is 2.69. The van der Waals surface area contributed by atoms with Crippen LogP contribution >= 0.6 is 0 Å². The molecule has 5 fully saturated rings. The van der Waals surface area contributed by atoms with E-state index >= 15 is 0 Å². The van der Waals surface area contributed by atoms with Crippen LogP contribution in [0.3, 0.4) is 0 Å². The van der Waals surface area contributed by atoms with E-state index in [1.165, 1.54) is 12.0 Å². The number of fused-ring (bicyclic) bond motifs is 6. The zero-order valence-corrected chi connectivity index (χ0v) is 19.6. The van der Waals surface area contributed by atoms with Gasteiger partial charge in [0.05, 0.1) is 26.4 Å². The second kappa shape index (κ2) is 7.30. The molecule has 4 aliphatic carbocycles. The maximum Gasteiger partial charge on any atom is 0.174 e. The molecule has 3 saturated carbocycles. The lowest BCUT2D eigenvalue weighted by molar-refractivity contribution is -0.243. The zero-order chi connectivity index (χ0) is 22.3. The number of hydrogen-bond acceptors (Lipinski definition) is 5. The highest BCUT2D eigenvalue weighted by atomic mass is 16.7. The Morgan fingerprint density at radius 1 is 0.879 bits per heavy atom. The van der Waals surface area contributed by atoms with E-state index in [1.54, 1.807) is 5.57 Å². The van der Waals surface area contributed by atoms with Crippen LogP contribution in [0.25, 0.3) is 0 Å². The van der Waals surface area contributed by atoms with Crippen molar-refractivity contribution in [2.24, 2.45) is 29.1 Å². The number of ether oxygens (including phenoxy) is 4. The summed E-state index contributed by atoms with van der Waals surface area (Å²) in [7, 11) is 0. The monoisotopic (exact) mass is 452 g/mol. The van der Waals surface area contributed by atoms with Gasteiger partial charge in [0.1, 0.15) is 5.75 Å². The van der Waals surface area contributed by atoms with Crippen LogP contribution in [0.2, 0.25) is 0 Å². The first-order valence-corrected chi connectivity index (χ1v) is 13.1. The minimum Gasteiger partial charge on any atom is -0.508 e. The summed E-state index contributed by atoms with van der Waals surface area (Å²) in [6.07, 6.45) is 10.1. The summed E-state index contributed by atoms with van der Waals surface area (Å²) < 4.78 is 25.1. The molecule has 1 aromatic rings. The predicted molar refractivity (Wildman–Crippen MR) is 123 cm³/mol. The highest BCUT2D eigenvalue weighted by molar-refractivity contribution is 5.33. The summed E-state index contributed by atoms with van der Waals surface area (Å²) in [5.41, 5.74) is 2.95. The molecular weight excluding hydrogens is 416 g/mol. The largest absolute Gasteiger partial charge is 0.508 e. The van der Waals surface area contributed by atoms with Crippen LogP contribution in [-0.2, 0) is 18.9 Å². The molecule has 5 heteroatoms. The Balaban J connectivity index is 1.30. The van der Waals surface area contributed by atoms with Crippen LogP contribution in [0.4, 0.5) is 0 Å². The van der Waals surface area contributed by atoms with E-state index in [1.807, 2.05) is 12.1 Å². The number of allylic oxidation sites excluding steroid dienone is 1. The van der Waals surface area contributed by atoms with E-state index < -0.39 is 5.79 Å². The third-order valence-electron chi connectivity index (χ3n) is 10.4. The smallest absolute Gasteiger partial charge is 0.174 e. The van der Waals surface area contributed by atoms with Gasteiger partial charge in [0.25, 0.3) is 0 Å². The molecule has 6 aliphatic rings. The quantitative estimate of drug-likeness (QED) is 0.598. The van der Waals surface area contributed by atoms with Crippen molar-refractivity contribution in [1.29, 1.82) is 0 Å². The summed E-state index contributed by atoms with van der Waals surface area (Å²) in [4.78, 5) is 0. The van der Waals surface area contributed by atoms with E-state index in [0.29, 0.717) is 35.3 Å². The van der Waals surface area contributed by atoms with Crippen LogP contribution in [0.1, 0.15) is 63.4 Å². The molecule has 0 unspecified atom stereocenters. The Hall–Kier alpha value is -1.40. The highest BCUT2D eigenvalue weighted by Gasteiger charge is 2.67. The van der Waals surface area contributed by atoms with Gasteiger partial charge < -0.3 is 24.1 Å². The van der Waals surface area contributed by atoms with Crippen LogP contribution in [0.15, 0.2) is 35.9 Å². The molecule has 5 nitrogen and oxygen atoms in total. The molecule has 2 heterocycles. The molecule has 1 aromatic carbocycles. The number of rotatable bonds is 1. The molecule has 0 radical (unpaired) electrons. The molecular formula is C28H36O5. The van der Waals surface area contributed by atoms with Gasteiger partial charge in [-0.25, -0.2) is 0 Å². The van der Waals surface area contributed by atoms with Crippen LogP contribution in [-0.4, -0.2) is 43.1 Å². The fraction of sp³-hybridized carbons (Fsp3) is 0.714. The van der Waals surface area contributed by atoms with Crippen molar-refractivity contribution in [3.63, 3.8) is 0 Å². The second-order valence-corrected chi connectivity index (χ2v) is 11.6. The molecule has 0 aromatic heterocycles. The standard InChI is InChI=1S/C28H36O5/c1-26-17-23(18-2-5-20(29)6-3-18)25-21-8-10-27(30-12-13-31-27)16-19(21)4-7-22(25)24(26)9-11-28(26)32-14-15-33-28/h2-6,21-25,29H,7-17H2,1H3/t21-,22-,23+,24-,25+,26-/m0/s1. The van der Waals surface area contributed by atoms with Crippen LogP contribution < -0.4 is 0 Å². The topological polar surface area (TPSA) is 57.2 Å². The first-order chi connectivity index (χ1) is 16.0. The molecule has 0 bridgehead atoms. The van der Waals surface area contributed by atoms with E-state index in [4.69, 9.17) is 18.9 Å². The summed E-state index contributed by atoms with van der Waals surface area (Å²) in [5.74, 6) is 2.47. The van der Waals surface area contributed by atoms with Gasteiger partial charge in [-0.05, 0) is 73.0 Å². The second-order valence-electron chi connectivity index (χ2n) is 11.6. The molecule has 2 spiro atoms. The van der Waals surface area contributed by atoms with Gasteiger partial charge in [-0.1, -0.05) is 30.7 Å². The lowest BCUT2D eigenvalue weighted by atomic mass is 9.48. The third kappa shape index (κ3) is 2.92.